The zero-order chi connectivity index (χ0) is 20.3. The summed E-state index contributed by atoms with van der Waals surface area (Å²) in [4.78, 5) is 32.4. The van der Waals surface area contributed by atoms with Crippen molar-refractivity contribution < 1.29 is 27.9 Å². The van der Waals surface area contributed by atoms with E-state index in [4.69, 9.17) is 9.57 Å². The van der Waals surface area contributed by atoms with Crippen molar-refractivity contribution in [3.05, 3.63) is 48.1 Å². The number of piperidine rings is 1. The number of hydrogen-bond donors (Lipinski definition) is 0. The van der Waals surface area contributed by atoms with E-state index >= 15 is 0 Å². The molecule has 152 valence electrons. The lowest BCUT2D eigenvalue weighted by Crippen LogP contribution is -2.57. The Hall–Kier alpha value is -2.32. The van der Waals surface area contributed by atoms with E-state index in [0.717, 1.165) is 6.07 Å². The molecule has 1 aromatic rings. The number of nitrogens with zero attached hydrogens (tertiary/aromatic N) is 2. The number of amides is 1. The fourth-order valence-electron chi connectivity index (χ4n) is 4.17. The first-order chi connectivity index (χ1) is 13.4. The predicted molar refractivity (Wildman–Crippen MR) is 96.7 cm³/mol. The second-order valence-electron chi connectivity index (χ2n) is 7.15. The highest BCUT2D eigenvalue weighted by atomic mass is 19.2. The molecule has 0 aliphatic carbocycles. The maximum atomic E-state index is 14.0. The van der Waals surface area contributed by atoms with Gasteiger partial charge in [0.05, 0.1) is 25.2 Å². The number of rotatable bonds is 6. The van der Waals surface area contributed by atoms with E-state index in [9.17, 15) is 18.4 Å². The number of hydrogen-bond acceptors (Lipinski definition) is 5. The van der Waals surface area contributed by atoms with Crippen LogP contribution in [0, 0.1) is 17.6 Å². The van der Waals surface area contributed by atoms with E-state index in [-0.39, 0.29) is 31.0 Å². The summed E-state index contributed by atoms with van der Waals surface area (Å²) < 4.78 is 32.3. The van der Waals surface area contributed by atoms with Gasteiger partial charge in [0.2, 0.25) is 5.91 Å². The molecule has 2 fully saturated rings. The molecule has 0 radical (unpaired) electrons. The van der Waals surface area contributed by atoms with Crippen LogP contribution in [0.15, 0.2) is 30.9 Å². The van der Waals surface area contributed by atoms with Crippen LogP contribution in [-0.4, -0.2) is 54.2 Å². The van der Waals surface area contributed by atoms with Gasteiger partial charge in [-0.15, -0.1) is 6.58 Å². The molecule has 0 aromatic heterocycles. The Morgan fingerprint density at radius 2 is 2.07 bits per heavy atom. The topological polar surface area (TPSA) is 59.1 Å². The minimum atomic E-state index is -0.873. The van der Waals surface area contributed by atoms with Gasteiger partial charge in [-0.3, -0.25) is 19.3 Å². The molecule has 0 saturated carbocycles. The molecule has 2 aliphatic heterocycles. The van der Waals surface area contributed by atoms with Crippen molar-refractivity contribution in [2.75, 3.05) is 26.8 Å². The SMILES string of the molecule is C=CCON1C(=O)CC(C(=O)OC)C12CCN(Cc1cccc(F)c1F)CC2. The summed E-state index contributed by atoms with van der Waals surface area (Å²) in [6.07, 6.45) is 2.50. The maximum absolute atomic E-state index is 14.0. The van der Waals surface area contributed by atoms with E-state index in [1.165, 1.54) is 24.3 Å². The number of benzene rings is 1. The number of ether oxygens (including phenoxy) is 1. The molecule has 0 bridgehead atoms. The van der Waals surface area contributed by atoms with Gasteiger partial charge in [-0.1, -0.05) is 18.2 Å². The van der Waals surface area contributed by atoms with E-state index < -0.39 is 29.1 Å². The molecule has 0 N–H and O–H groups in total. The zero-order valence-electron chi connectivity index (χ0n) is 15.8. The van der Waals surface area contributed by atoms with Gasteiger partial charge >= 0.3 is 5.97 Å². The molecule has 1 atom stereocenters. The Kier molecular flexibility index (Phi) is 6.10. The molecule has 2 saturated heterocycles. The summed E-state index contributed by atoms with van der Waals surface area (Å²) in [6, 6.07) is 4.12. The molecule has 28 heavy (non-hydrogen) atoms. The first-order valence-corrected chi connectivity index (χ1v) is 9.23. The molecular weight excluding hydrogens is 370 g/mol. The molecule has 1 unspecified atom stereocenters. The van der Waals surface area contributed by atoms with Crippen LogP contribution in [0.2, 0.25) is 0 Å². The van der Waals surface area contributed by atoms with Gasteiger partial charge in [-0.05, 0) is 18.9 Å². The number of methoxy groups -OCH3 is 1. The third-order valence-electron chi connectivity index (χ3n) is 5.61. The number of likely N-dealkylation sites (tertiary alicyclic amines) is 1. The Morgan fingerprint density at radius 3 is 2.71 bits per heavy atom. The fourth-order valence-corrected chi connectivity index (χ4v) is 4.17. The van der Waals surface area contributed by atoms with Crippen LogP contribution in [0.3, 0.4) is 0 Å². The molecule has 2 heterocycles. The van der Waals surface area contributed by atoms with E-state index in [2.05, 4.69) is 6.58 Å². The maximum Gasteiger partial charge on any atom is 0.311 e. The third kappa shape index (κ3) is 3.66. The second kappa shape index (κ2) is 8.36. The first-order valence-electron chi connectivity index (χ1n) is 9.23. The third-order valence-corrected chi connectivity index (χ3v) is 5.61. The molecule has 6 nitrogen and oxygen atoms in total. The molecule has 1 spiro atoms. The summed E-state index contributed by atoms with van der Waals surface area (Å²) in [5.41, 5.74) is -0.521. The van der Waals surface area contributed by atoms with Crippen LogP contribution in [0.1, 0.15) is 24.8 Å². The Labute approximate surface area is 162 Å². The Balaban J connectivity index is 1.77. The van der Waals surface area contributed by atoms with Crippen molar-refractivity contribution >= 4 is 11.9 Å². The number of halogens is 2. The molecule has 3 rings (SSSR count). The smallest absolute Gasteiger partial charge is 0.311 e. The predicted octanol–water partition coefficient (Wildman–Crippen LogP) is 2.44. The fraction of sp³-hybridized carbons (Fsp3) is 0.500. The van der Waals surface area contributed by atoms with Crippen molar-refractivity contribution in [3.63, 3.8) is 0 Å². The average Bonchev–Trinajstić information content (AvgIpc) is 2.96. The van der Waals surface area contributed by atoms with Gasteiger partial charge in [0.25, 0.3) is 0 Å². The van der Waals surface area contributed by atoms with Gasteiger partial charge in [0.1, 0.15) is 0 Å². The molecule has 1 amide bonds. The van der Waals surface area contributed by atoms with E-state index in [1.807, 2.05) is 4.90 Å². The summed E-state index contributed by atoms with van der Waals surface area (Å²) >= 11 is 0. The van der Waals surface area contributed by atoms with Gasteiger partial charge in [0.15, 0.2) is 11.6 Å². The quantitative estimate of drug-likeness (QED) is 0.548. The van der Waals surface area contributed by atoms with Gasteiger partial charge in [-0.2, -0.15) is 0 Å². The molecule has 1 aromatic carbocycles. The number of esters is 1. The highest BCUT2D eigenvalue weighted by Crippen LogP contribution is 2.44. The van der Waals surface area contributed by atoms with Gasteiger partial charge in [-0.25, -0.2) is 13.8 Å². The Morgan fingerprint density at radius 1 is 1.36 bits per heavy atom. The summed E-state index contributed by atoms with van der Waals surface area (Å²) in [7, 11) is 1.30. The van der Waals surface area contributed by atoms with Crippen molar-refractivity contribution in [2.24, 2.45) is 5.92 Å². The van der Waals surface area contributed by atoms with Crippen LogP contribution in [0.5, 0.6) is 0 Å². The lowest BCUT2D eigenvalue weighted by atomic mass is 9.77. The van der Waals surface area contributed by atoms with E-state index in [1.54, 1.807) is 6.07 Å². The summed E-state index contributed by atoms with van der Waals surface area (Å²) in [5, 5.41) is 1.32. The number of carbonyl (C=O) groups excluding carboxylic acids is 2. The minimum Gasteiger partial charge on any atom is -0.469 e. The number of hydroxylamine groups is 2. The monoisotopic (exact) mass is 394 g/mol. The van der Waals surface area contributed by atoms with Crippen molar-refractivity contribution in [2.45, 2.75) is 31.3 Å². The highest BCUT2D eigenvalue weighted by molar-refractivity contribution is 5.88. The molecular formula is C20H24F2N2O4. The standard InChI is InChI=1S/C20H24F2N2O4/c1-3-11-28-24-17(25)12-15(19(26)27-2)20(24)7-9-23(10-8-20)13-14-5-4-6-16(21)18(14)22/h3-6,15H,1,7-13H2,2H3. The summed E-state index contributed by atoms with van der Waals surface area (Å²) in [5.74, 6) is -3.04. The van der Waals surface area contributed by atoms with Crippen LogP contribution in [0.25, 0.3) is 0 Å². The van der Waals surface area contributed by atoms with Crippen LogP contribution in [-0.2, 0) is 25.7 Å². The van der Waals surface area contributed by atoms with Crippen LogP contribution in [0.4, 0.5) is 8.78 Å². The van der Waals surface area contributed by atoms with Crippen molar-refractivity contribution in [3.8, 4) is 0 Å². The highest BCUT2D eigenvalue weighted by Gasteiger charge is 2.58. The molecule has 8 heteroatoms. The average molecular weight is 394 g/mol. The lowest BCUT2D eigenvalue weighted by molar-refractivity contribution is -0.218. The first kappa shape index (κ1) is 20.4. The van der Waals surface area contributed by atoms with Crippen LogP contribution >= 0.6 is 0 Å². The zero-order valence-corrected chi connectivity index (χ0v) is 15.8. The molecule has 2 aliphatic rings. The van der Waals surface area contributed by atoms with Crippen molar-refractivity contribution in [1.82, 2.24) is 9.96 Å². The lowest BCUT2D eigenvalue weighted by Gasteiger charge is -2.45. The second-order valence-corrected chi connectivity index (χ2v) is 7.15. The van der Waals surface area contributed by atoms with Gasteiger partial charge in [0, 0.05) is 31.6 Å². The largest absolute Gasteiger partial charge is 0.469 e. The number of carbonyl (C=O) groups is 2. The minimum absolute atomic E-state index is 0.0301. The van der Waals surface area contributed by atoms with Crippen LogP contribution < -0.4 is 0 Å². The Bertz CT molecular complexity index is 763. The van der Waals surface area contributed by atoms with Crippen molar-refractivity contribution in [1.29, 1.82) is 0 Å². The normalized spacial score (nSPS) is 21.9. The van der Waals surface area contributed by atoms with Gasteiger partial charge < -0.3 is 4.74 Å². The summed E-state index contributed by atoms with van der Waals surface area (Å²) in [6.45, 7) is 5.01. The van der Waals surface area contributed by atoms with E-state index in [0.29, 0.717) is 25.9 Å².